The summed E-state index contributed by atoms with van der Waals surface area (Å²) >= 11 is 6.39. The Bertz CT molecular complexity index is 748. The van der Waals surface area contributed by atoms with Crippen molar-refractivity contribution in [2.45, 2.75) is 18.7 Å². The molecule has 0 fully saturated rings. The van der Waals surface area contributed by atoms with E-state index in [0.717, 1.165) is 22.3 Å². The van der Waals surface area contributed by atoms with Crippen LogP contribution < -0.4 is 0 Å². The Morgan fingerprint density at radius 2 is 2.00 bits per heavy atom. The molecular formula is C17H14ClFO. The highest BCUT2D eigenvalue weighted by Crippen LogP contribution is 2.30. The molecule has 1 unspecified atom stereocenters. The molecule has 3 aromatic rings. The molecule has 0 aliphatic rings. The number of hydrogen-bond donors (Lipinski definition) is 0. The molecule has 20 heavy (non-hydrogen) atoms. The van der Waals surface area contributed by atoms with E-state index in [-0.39, 0.29) is 11.2 Å². The topological polar surface area (TPSA) is 13.1 Å². The molecule has 0 aliphatic carbocycles. The predicted octanol–water partition coefficient (Wildman–Crippen LogP) is 5.40. The summed E-state index contributed by atoms with van der Waals surface area (Å²) in [6, 6.07) is 14.5. The summed E-state index contributed by atoms with van der Waals surface area (Å²) in [5.41, 5.74) is 2.87. The molecule has 3 rings (SSSR count). The molecular weight excluding hydrogens is 275 g/mol. The molecule has 0 radical (unpaired) electrons. The van der Waals surface area contributed by atoms with Gasteiger partial charge in [-0.15, -0.1) is 11.6 Å². The SMILES string of the molecule is Cc1ccc2oc(C(Cl)Cc3cccc(F)c3)cc2c1. The third kappa shape index (κ3) is 2.70. The van der Waals surface area contributed by atoms with E-state index in [2.05, 4.69) is 6.07 Å². The van der Waals surface area contributed by atoms with Crippen LogP contribution in [0, 0.1) is 12.7 Å². The van der Waals surface area contributed by atoms with Gasteiger partial charge in [0.1, 0.15) is 17.2 Å². The van der Waals surface area contributed by atoms with Crippen LogP contribution in [0.15, 0.2) is 52.9 Å². The van der Waals surface area contributed by atoms with Gasteiger partial charge in [-0.2, -0.15) is 0 Å². The van der Waals surface area contributed by atoms with Crippen LogP contribution in [0.4, 0.5) is 4.39 Å². The van der Waals surface area contributed by atoms with Gasteiger partial charge < -0.3 is 4.42 Å². The lowest BCUT2D eigenvalue weighted by atomic mass is 10.1. The van der Waals surface area contributed by atoms with Crippen LogP contribution in [-0.4, -0.2) is 0 Å². The van der Waals surface area contributed by atoms with Gasteiger partial charge in [0.2, 0.25) is 0 Å². The molecule has 0 saturated heterocycles. The molecule has 0 N–H and O–H groups in total. The fourth-order valence-corrected chi connectivity index (χ4v) is 2.59. The van der Waals surface area contributed by atoms with E-state index >= 15 is 0 Å². The minimum absolute atomic E-state index is 0.244. The molecule has 0 saturated carbocycles. The Morgan fingerprint density at radius 3 is 2.80 bits per heavy atom. The van der Waals surface area contributed by atoms with Crippen molar-refractivity contribution in [1.29, 1.82) is 0 Å². The van der Waals surface area contributed by atoms with Crippen LogP contribution in [-0.2, 0) is 6.42 Å². The molecule has 1 atom stereocenters. The minimum Gasteiger partial charge on any atom is -0.459 e. The second-order valence-electron chi connectivity index (χ2n) is 4.99. The van der Waals surface area contributed by atoms with Crippen LogP contribution in [0.2, 0.25) is 0 Å². The van der Waals surface area contributed by atoms with Crippen molar-refractivity contribution in [2.24, 2.45) is 0 Å². The third-order valence-electron chi connectivity index (χ3n) is 3.30. The van der Waals surface area contributed by atoms with Crippen LogP contribution in [0.1, 0.15) is 22.3 Å². The van der Waals surface area contributed by atoms with Crippen molar-refractivity contribution in [3.63, 3.8) is 0 Å². The lowest BCUT2D eigenvalue weighted by molar-refractivity contribution is 0.539. The summed E-state index contributed by atoms with van der Waals surface area (Å²) in [5, 5.41) is 0.745. The minimum atomic E-state index is -0.301. The average Bonchev–Trinajstić information content (AvgIpc) is 2.81. The van der Waals surface area contributed by atoms with Crippen molar-refractivity contribution in [2.75, 3.05) is 0 Å². The molecule has 0 aliphatic heterocycles. The fraction of sp³-hybridized carbons (Fsp3) is 0.176. The number of furan rings is 1. The van der Waals surface area contributed by atoms with Crippen molar-refractivity contribution in [3.8, 4) is 0 Å². The van der Waals surface area contributed by atoms with Crippen molar-refractivity contribution in [1.82, 2.24) is 0 Å². The number of halogens is 2. The highest BCUT2D eigenvalue weighted by molar-refractivity contribution is 6.20. The van der Waals surface area contributed by atoms with Gasteiger partial charge in [0, 0.05) is 5.39 Å². The molecule has 0 spiro atoms. The maximum Gasteiger partial charge on any atom is 0.134 e. The van der Waals surface area contributed by atoms with Crippen molar-refractivity contribution < 1.29 is 8.81 Å². The second-order valence-corrected chi connectivity index (χ2v) is 5.52. The van der Waals surface area contributed by atoms with E-state index in [1.807, 2.05) is 31.2 Å². The molecule has 1 nitrogen and oxygen atoms in total. The van der Waals surface area contributed by atoms with Crippen LogP contribution in [0.5, 0.6) is 0 Å². The quantitative estimate of drug-likeness (QED) is 0.588. The largest absolute Gasteiger partial charge is 0.459 e. The van der Waals surface area contributed by atoms with Gasteiger partial charge in [0.25, 0.3) is 0 Å². The first-order valence-corrected chi connectivity index (χ1v) is 6.94. The summed E-state index contributed by atoms with van der Waals surface area (Å²) < 4.78 is 18.9. The lowest BCUT2D eigenvalue weighted by Gasteiger charge is -2.06. The van der Waals surface area contributed by atoms with E-state index in [9.17, 15) is 4.39 Å². The first-order valence-electron chi connectivity index (χ1n) is 6.50. The van der Waals surface area contributed by atoms with Gasteiger partial charge in [-0.05, 0) is 49.2 Å². The predicted molar refractivity (Wildman–Crippen MR) is 79.6 cm³/mol. The van der Waals surface area contributed by atoms with E-state index in [1.165, 1.54) is 17.7 Å². The van der Waals surface area contributed by atoms with E-state index in [0.29, 0.717) is 6.42 Å². The summed E-state index contributed by atoms with van der Waals surface area (Å²) in [6.07, 6.45) is 0.540. The smallest absolute Gasteiger partial charge is 0.134 e. The summed E-state index contributed by atoms with van der Waals surface area (Å²) in [4.78, 5) is 0. The van der Waals surface area contributed by atoms with Gasteiger partial charge in [-0.25, -0.2) is 4.39 Å². The van der Waals surface area contributed by atoms with Gasteiger partial charge in [0.15, 0.2) is 0 Å². The Balaban J connectivity index is 1.86. The molecule has 0 amide bonds. The molecule has 1 aromatic heterocycles. The first-order chi connectivity index (χ1) is 9.61. The Hall–Kier alpha value is -1.80. The average molecular weight is 289 g/mol. The number of rotatable bonds is 3. The molecule has 1 heterocycles. The van der Waals surface area contributed by atoms with E-state index in [4.69, 9.17) is 16.0 Å². The Labute approximate surface area is 122 Å². The van der Waals surface area contributed by atoms with E-state index < -0.39 is 0 Å². The number of hydrogen-bond acceptors (Lipinski definition) is 1. The number of aryl methyl sites for hydroxylation is 1. The zero-order valence-corrected chi connectivity index (χ0v) is 11.8. The monoisotopic (exact) mass is 288 g/mol. The molecule has 2 aromatic carbocycles. The standard InChI is InChI=1S/C17H14ClFO/c1-11-5-6-16-13(7-11)10-17(20-16)15(18)9-12-3-2-4-14(19)8-12/h2-8,10,15H,9H2,1H3. The second kappa shape index (κ2) is 5.29. The highest BCUT2D eigenvalue weighted by Gasteiger charge is 2.14. The van der Waals surface area contributed by atoms with Gasteiger partial charge >= 0.3 is 0 Å². The molecule has 102 valence electrons. The van der Waals surface area contributed by atoms with E-state index in [1.54, 1.807) is 6.07 Å². The zero-order chi connectivity index (χ0) is 14.1. The maximum atomic E-state index is 13.2. The normalized spacial score (nSPS) is 12.8. The third-order valence-corrected chi connectivity index (χ3v) is 3.67. The van der Waals surface area contributed by atoms with Crippen molar-refractivity contribution >= 4 is 22.6 Å². The Kier molecular flexibility index (Phi) is 3.49. The fourth-order valence-electron chi connectivity index (χ4n) is 2.31. The number of alkyl halides is 1. The summed E-state index contributed by atoms with van der Waals surface area (Å²) in [6.45, 7) is 2.04. The lowest BCUT2D eigenvalue weighted by Crippen LogP contribution is -1.94. The van der Waals surface area contributed by atoms with Gasteiger partial charge in [0.05, 0.1) is 5.38 Å². The molecule has 3 heteroatoms. The highest BCUT2D eigenvalue weighted by atomic mass is 35.5. The van der Waals surface area contributed by atoms with Crippen molar-refractivity contribution in [3.05, 3.63) is 71.2 Å². The Morgan fingerprint density at radius 1 is 1.15 bits per heavy atom. The zero-order valence-electron chi connectivity index (χ0n) is 11.1. The van der Waals surface area contributed by atoms with Crippen LogP contribution >= 0.6 is 11.6 Å². The maximum absolute atomic E-state index is 13.2. The van der Waals surface area contributed by atoms with Crippen LogP contribution in [0.25, 0.3) is 11.0 Å². The molecule has 0 bridgehead atoms. The first kappa shape index (κ1) is 13.2. The summed E-state index contributed by atoms with van der Waals surface area (Å²) in [7, 11) is 0. The number of benzene rings is 2. The van der Waals surface area contributed by atoms with Crippen LogP contribution in [0.3, 0.4) is 0 Å². The van der Waals surface area contributed by atoms with Gasteiger partial charge in [-0.1, -0.05) is 23.8 Å². The van der Waals surface area contributed by atoms with Gasteiger partial charge in [-0.3, -0.25) is 0 Å². The summed E-state index contributed by atoms with van der Waals surface area (Å²) in [5.74, 6) is 0.475. The number of fused-ring (bicyclic) bond motifs is 1.